The number of nitrogens with one attached hydrogen (secondary N) is 2. The molecule has 1 aromatic heterocycles. The molecule has 2 heterocycles. The Kier molecular flexibility index (Phi) is 5.69. The molecule has 0 atom stereocenters. The summed E-state index contributed by atoms with van der Waals surface area (Å²) in [5.74, 6) is 1.10. The van der Waals surface area contributed by atoms with Crippen LogP contribution in [0.2, 0.25) is 0 Å². The molecule has 0 aliphatic carbocycles. The van der Waals surface area contributed by atoms with Crippen LogP contribution in [0.5, 0.6) is 0 Å². The molecule has 2 N–H and O–H groups in total. The molecule has 1 fully saturated rings. The van der Waals surface area contributed by atoms with Crippen LogP contribution in [0.4, 0.5) is 22.9 Å². The number of thiocarbonyl (C=S) groups is 1. The van der Waals surface area contributed by atoms with Gasteiger partial charge < -0.3 is 20.4 Å². The highest BCUT2D eigenvalue weighted by Crippen LogP contribution is 2.30. The molecule has 4 aromatic rings. The van der Waals surface area contributed by atoms with E-state index >= 15 is 0 Å². The Hall–Kier alpha value is -3.16. The molecule has 1 aliphatic heterocycles. The van der Waals surface area contributed by atoms with Crippen molar-refractivity contribution in [2.75, 3.05) is 41.7 Å². The van der Waals surface area contributed by atoms with E-state index < -0.39 is 0 Å². The standard InChI is InChI=1S/C24H23N5S2/c30-24(26-20-12-10-19(11-13-20)25-18-6-2-1-3-7-18)29-16-14-28(15-17-29)23-21-8-4-5-9-22(21)31-27-23/h1-13,25H,14-17H2,(H,26,30). The van der Waals surface area contributed by atoms with Crippen LogP contribution in [-0.4, -0.2) is 40.6 Å². The Morgan fingerprint density at radius 1 is 0.774 bits per heavy atom. The largest absolute Gasteiger partial charge is 0.356 e. The first-order valence-corrected chi connectivity index (χ1v) is 11.5. The lowest BCUT2D eigenvalue weighted by Crippen LogP contribution is -2.50. The molecule has 31 heavy (non-hydrogen) atoms. The van der Waals surface area contributed by atoms with Crippen molar-refractivity contribution in [1.82, 2.24) is 9.27 Å². The van der Waals surface area contributed by atoms with Gasteiger partial charge in [-0.3, -0.25) is 0 Å². The van der Waals surface area contributed by atoms with Crippen molar-refractivity contribution in [2.24, 2.45) is 0 Å². The van der Waals surface area contributed by atoms with Crippen LogP contribution < -0.4 is 15.5 Å². The van der Waals surface area contributed by atoms with Crippen molar-refractivity contribution >= 4 is 61.8 Å². The van der Waals surface area contributed by atoms with Gasteiger partial charge in [0.05, 0.1) is 4.70 Å². The number of hydrogen-bond acceptors (Lipinski definition) is 5. The first-order chi connectivity index (χ1) is 15.3. The van der Waals surface area contributed by atoms with Gasteiger partial charge >= 0.3 is 0 Å². The molecule has 0 saturated carbocycles. The second-order valence-corrected chi connectivity index (χ2v) is 8.67. The summed E-state index contributed by atoms with van der Waals surface area (Å²) < 4.78 is 5.93. The highest BCUT2D eigenvalue weighted by atomic mass is 32.1. The molecule has 0 spiro atoms. The molecule has 5 nitrogen and oxygen atoms in total. The van der Waals surface area contributed by atoms with E-state index in [0.29, 0.717) is 0 Å². The maximum Gasteiger partial charge on any atom is 0.173 e. The molecule has 1 aliphatic rings. The zero-order valence-electron chi connectivity index (χ0n) is 17.0. The monoisotopic (exact) mass is 445 g/mol. The lowest BCUT2D eigenvalue weighted by atomic mass is 10.2. The Labute approximate surface area is 191 Å². The zero-order valence-corrected chi connectivity index (χ0v) is 18.6. The normalized spacial score (nSPS) is 13.9. The number of nitrogens with zero attached hydrogens (tertiary/aromatic N) is 3. The average Bonchev–Trinajstić information content (AvgIpc) is 3.25. The smallest absolute Gasteiger partial charge is 0.173 e. The fourth-order valence-electron chi connectivity index (χ4n) is 3.75. The second kappa shape index (κ2) is 8.91. The summed E-state index contributed by atoms with van der Waals surface area (Å²) in [6.07, 6.45) is 0. The summed E-state index contributed by atoms with van der Waals surface area (Å²) in [6, 6.07) is 26.8. The Morgan fingerprint density at radius 2 is 1.42 bits per heavy atom. The summed E-state index contributed by atoms with van der Waals surface area (Å²) in [5, 5.41) is 8.79. The maximum atomic E-state index is 5.68. The molecule has 0 bridgehead atoms. The quantitative estimate of drug-likeness (QED) is 0.401. The highest BCUT2D eigenvalue weighted by Gasteiger charge is 2.22. The van der Waals surface area contributed by atoms with E-state index in [2.05, 4.69) is 85.5 Å². The third-order valence-corrected chi connectivity index (χ3v) is 6.60. The average molecular weight is 446 g/mol. The molecule has 0 unspecified atom stereocenters. The number of hydrogen-bond donors (Lipinski definition) is 2. The third kappa shape index (κ3) is 4.47. The lowest BCUT2D eigenvalue weighted by Gasteiger charge is -2.36. The topological polar surface area (TPSA) is 43.4 Å². The molecule has 7 heteroatoms. The van der Waals surface area contributed by atoms with Gasteiger partial charge in [-0.25, -0.2) is 0 Å². The molecule has 1 saturated heterocycles. The van der Waals surface area contributed by atoms with E-state index in [-0.39, 0.29) is 0 Å². The summed E-state index contributed by atoms with van der Waals surface area (Å²) in [4.78, 5) is 4.60. The van der Waals surface area contributed by atoms with Crippen LogP contribution in [0.3, 0.4) is 0 Å². The van der Waals surface area contributed by atoms with Crippen molar-refractivity contribution in [3.63, 3.8) is 0 Å². The minimum atomic E-state index is 0.770. The van der Waals surface area contributed by atoms with Gasteiger partial charge in [-0.2, -0.15) is 4.37 Å². The number of aromatic nitrogens is 1. The van der Waals surface area contributed by atoms with Gasteiger partial charge in [0.25, 0.3) is 0 Å². The molecule has 3 aromatic carbocycles. The molecule has 0 amide bonds. The molecular formula is C24H23N5S2. The van der Waals surface area contributed by atoms with E-state index in [1.165, 1.54) is 10.1 Å². The van der Waals surface area contributed by atoms with Gasteiger partial charge in [-0.1, -0.05) is 30.3 Å². The van der Waals surface area contributed by atoms with Crippen molar-refractivity contribution in [2.45, 2.75) is 0 Å². The number of benzene rings is 3. The van der Waals surface area contributed by atoms with Crippen molar-refractivity contribution < 1.29 is 0 Å². The van der Waals surface area contributed by atoms with Crippen molar-refractivity contribution in [3.8, 4) is 0 Å². The van der Waals surface area contributed by atoms with Crippen molar-refractivity contribution in [3.05, 3.63) is 78.9 Å². The van der Waals surface area contributed by atoms with Gasteiger partial charge in [0, 0.05) is 48.6 Å². The van der Waals surface area contributed by atoms with Crippen LogP contribution in [0.1, 0.15) is 0 Å². The Bertz CT molecular complexity index is 1170. The van der Waals surface area contributed by atoms with Crippen LogP contribution in [0.15, 0.2) is 78.9 Å². The number of fused-ring (bicyclic) bond motifs is 1. The van der Waals surface area contributed by atoms with E-state index in [1.54, 1.807) is 11.5 Å². The van der Waals surface area contributed by atoms with Crippen molar-refractivity contribution in [1.29, 1.82) is 0 Å². The second-order valence-electron chi connectivity index (χ2n) is 7.47. The maximum absolute atomic E-state index is 5.68. The first kappa shape index (κ1) is 19.8. The highest BCUT2D eigenvalue weighted by molar-refractivity contribution is 7.80. The van der Waals surface area contributed by atoms with Gasteiger partial charge in [-0.05, 0) is 72.3 Å². The number of para-hydroxylation sites is 1. The molecule has 0 radical (unpaired) electrons. The lowest BCUT2D eigenvalue weighted by molar-refractivity contribution is 0.390. The zero-order chi connectivity index (χ0) is 21.0. The Balaban J connectivity index is 1.16. The minimum Gasteiger partial charge on any atom is -0.356 e. The fraction of sp³-hybridized carbons (Fsp3) is 0.167. The van der Waals surface area contributed by atoms with E-state index in [4.69, 9.17) is 12.2 Å². The van der Waals surface area contributed by atoms with E-state index in [0.717, 1.165) is 54.2 Å². The summed E-state index contributed by atoms with van der Waals surface area (Å²) in [6.45, 7) is 3.58. The summed E-state index contributed by atoms with van der Waals surface area (Å²) >= 11 is 7.25. The molecule has 156 valence electrons. The SMILES string of the molecule is S=C(Nc1ccc(Nc2ccccc2)cc1)N1CCN(c2nsc3ccccc23)CC1. The van der Waals surface area contributed by atoms with Gasteiger partial charge in [0.1, 0.15) is 5.82 Å². The minimum absolute atomic E-state index is 0.770. The van der Waals surface area contributed by atoms with Gasteiger partial charge in [0.15, 0.2) is 5.11 Å². The number of anilines is 4. The predicted octanol–water partition coefficient (Wildman–Crippen LogP) is 5.56. The van der Waals surface area contributed by atoms with Crippen LogP contribution in [0.25, 0.3) is 10.1 Å². The number of piperazine rings is 1. The molecule has 5 rings (SSSR count). The van der Waals surface area contributed by atoms with Crippen LogP contribution >= 0.6 is 23.8 Å². The third-order valence-electron chi connectivity index (χ3n) is 5.42. The van der Waals surface area contributed by atoms with E-state index in [1.807, 2.05) is 18.2 Å². The Morgan fingerprint density at radius 3 is 2.19 bits per heavy atom. The number of rotatable bonds is 4. The fourth-order valence-corrected chi connectivity index (χ4v) is 4.85. The summed E-state index contributed by atoms with van der Waals surface area (Å²) in [7, 11) is 0. The predicted molar refractivity (Wildman–Crippen MR) is 136 cm³/mol. The van der Waals surface area contributed by atoms with Gasteiger partial charge in [-0.15, -0.1) is 0 Å². The first-order valence-electron chi connectivity index (χ1n) is 10.3. The molecular weight excluding hydrogens is 422 g/mol. The summed E-state index contributed by atoms with van der Waals surface area (Å²) in [5.41, 5.74) is 3.12. The van der Waals surface area contributed by atoms with Gasteiger partial charge in [0.2, 0.25) is 0 Å². The van der Waals surface area contributed by atoms with Crippen LogP contribution in [0, 0.1) is 0 Å². The van der Waals surface area contributed by atoms with E-state index in [9.17, 15) is 0 Å². The van der Waals surface area contributed by atoms with Crippen LogP contribution in [-0.2, 0) is 0 Å².